The second-order valence-electron chi connectivity index (χ2n) is 7.49. The van der Waals surface area contributed by atoms with E-state index in [-0.39, 0.29) is 24.0 Å². The number of hydrogen-bond acceptors (Lipinski definition) is 4. The first-order valence-corrected chi connectivity index (χ1v) is 9.78. The van der Waals surface area contributed by atoms with Crippen LogP contribution in [0.25, 0.3) is 21.2 Å². The molecule has 4 N–H and O–H groups in total. The van der Waals surface area contributed by atoms with E-state index in [1.165, 1.54) is 11.0 Å². The molecule has 1 aromatic heterocycles. The normalized spacial score (nSPS) is 19.9. The van der Waals surface area contributed by atoms with Crippen molar-refractivity contribution >= 4 is 52.3 Å². The molecule has 142 valence electrons. The van der Waals surface area contributed by atoms with Crippen molar-refractivity contribution in [2.45, 2.75) is 18.9 Å². The Bertz CT molecular complexity index is 1120. The molecular weight excluding hydrogens is 374 g/mol. The molecule has 2 heterocycles. The lowest BCUT2D eigenvalue weighted by molar-refractivity contribution is -0.129. The van der Waals surface area contributed by atoms with Gasteiger partial charge in [-0.15, -0.1) is 11.3 Å². The molecule has 8 heteroatoms. The van der Waals surface area contributed by atoms with Gasteiger partial charge in [0, 0.05) is 11.7 Å². The maximum atomic E-state index is 13.7. The summed E-state index contributed by atoms with van der Waals surface area (Å²) in [4.78, 5) is 13.7. The summed E-state index contributed by atoms with van der Waals surface area (Å²) in [5.74, 6) is -0.476. The first-order valence-electron chi connectivity index (χ1n) is 8.90. The van der Waals surface area contributed by atoms with E-state index in [9.17, 15) is 9.18 Å². The largest absolute Gasteiger partial charge is 0.396 e. The third-order valence-electron chi connectivity index (χ3n) is 5.42. The van der Waals surface area contributed by atoms with Gasteiger partial charge in [-0.1, -0.05) is 11.5 Å². The van der Waals surface area contributed by atoms with Gasteiger partial charge in [0.25, 0.3) is 0 Å². The molecule has 5 nitrogen and oxygen atoms in total. The lowest BCUT2D eigenvalue weighted by Gasteiger charge is -2.40. The maximum absolute atomic E-state index is 13.7. The van der Waals surface area contributed by atoms with Crippen LogP contribution in [0.2, 0.25) is 0 Å². The molecule has 4 rings (SSSR count). The van der Waals surface area contributed by atoms with Gasteiger partial charge in [0.1, 0.15) is 13.7 Å². The molecule has 1 aliphatic heterocycles. The summed E-state index contributed by atoms with van der Waals surface area (Å²) in [5, 5.41) is 14.5. The van der Waals surface area contributed by atoms with Crippen LogP contribution in [0.5, 0.6) is 0 Å². The Labute approximate surface area is 167 Å². The molecular formula is C20H20BFN4OS. The molecule has 0 spiro atoms. The summed E-state index contributed by atoms with van der Waals surface area (Å²) in [6.45, 7) is 1.93. The number of nitrogen functional groups attached to an aromatic ring is 1. The van der Waals surface area contributed by atoms with E-state index in [2.05, 4.69) is 16.8 Å². The van der Waals surface area contributed by atoms with Gasteiger partial charge in [0.15, 0.2) is 5.96 Å². The number of nitrogens with one attached hydrogen (secondary N) is 2. The average molecular weight is 394 g/mol. The minimum Gasteiger partial charge on any atom is -0.396 e. The van der Waals surface area contributed by atoms with Crippen LogP contribution in [0.1, 0.15) is 18.9 Å². The average Bonchev–Trinajstić information content (AvgIpc) is 3.02. The third-order valence-corrected chi connectivity index (χ3v) is 6.57. The Morgan fingerprint density at radius 3 is 2.79 bits per heavy atom. The van der Waals surface area contributed by atoms with Gasteiger partial charge >= 0.3 is 0 Å². The van der Waals surface area contributed by atoms with Gasteiger partial charge in [-0.3, -0.25) is 15.1 Å². The van der Waals surface area contributed by atoms with Crippen molar-refractivity contribution in [1.82, 2.24) is 10.2 Å². The van der Waals surface area contributed by atoms with Crippen molar-refractivity contribution < 1.29 is 9.18 Å². The quantitative estimate of drug-likeness (QED) is 0.460. The number of nitrogens with two attached hydrogens (primary N) is 1. The summed E-state index contributed by atoms with van der Waals surface area (Å²) < 4.78 is 14.8. The Balaban J connectivity index is 1.93. The van der Waals surface area contributed by atoms with E-state index in [1.807, 2.05) is 20.8 Å². The van der Waals surface area contributed by atoms with Crippen LogP contribution in [0.15, 0.2) is 35.7 Å². The Morgan fingerprint density at radius 2 is 2.11 bits per heavy atom. The molecule has 1 fully saturated rings. The summed E-state index contributed by atoms with van der Waals surface area (Å²) >= 11 is 1.63. The fraction of sp³-hybridized carbons (Fsp3) is 0.200. The predicted octanol–water partition coefficient (Wildman–Crippen LogP) is 2.15. The minimum absolute atomic E-state index is 0.0773. The van der Waals surface area contributed by atoms with E-state index in [0.29, 0.717) is 0 Å². The number of rotatable bonds is 2. The van der Waals surface area contributed by atoms with E-state index in [0.717, 1.165) is 32.2 Å². The number of thiophene rings is 1. The van der Waals surface area contributed by atoms with Crippen LogP contribution in [0.3, 0.4) is 0 Å². The standard InChI is InChI=1S/C20H20BFN4OS/c1-20(8-17(27)26(2)19(24)25-20)11-6-12(10-3-4-15(22)16(23)5-10)18-13(7-11)14(21)9-28-18/h3-7,9H,8,21,23H2,1-2H3,(H2,24,25)/t20-/m0/s1. The highest BCUT2D eigenvalue weighted by molar-refractivity contribution is 7.19. The van der Waals surface area contributed by atoms with Crippen LogP contribution >= 0.6 is 11.3 Å². The van der Waals surface area contributed by atoms with E-state index in [4.69, 9.17) is 11.1 Å². The molecule has 1 atom stereocenters. The molecule has 2 aromatic carbocycles. The number of anilines is 1. The maximum Gasteiger partial charge on any atom is 0.231 e. The zero-order chi connectivity index (χ0) is 20.2. The molecule has 1 amide bonds. The summed E-state index contributed by atoms with van der Waals surface area (Å²) in [6, 6.07) is 8.83. The highest BCUT2D eigenvalue weighted by atomic mass is 32.1. The molecule has 28 heavy (non-hydrogen) atoms. The molecule has 1 aliphatic rings. The topological polar surface area (TPSA) is 82.2 Å². The Kier molecular flexibility index (Phi) is 4.19. The first-order chi connectivity index (χ1) is 13.2. The molecule has 0 radical (unpaired) electrons. The van der Waals surface area contributed by atoms with Crippen molar-refractivity contribution in [3.05, 3.63) is 47.1 Å². The van der Waals surface area contributed by atoms with Gasteiger partial charge in [-0.25, -0.2) is 4.39 Å². The predicted molar refractivity (Wildman–Crippen MR) is 115 cm³/mol. The van der Waals surface area contributed by atoms with Crippen molar-refractivity contribution in [2.24, 2.45) is 0 Å². The molecule has 0 bridgehead atoms. The van der Waals surface area contributed by atoms with E-state index >= 15 is 0 Å². The second kappa shape index (κ2) is 6.34. The summed E-state index contributed by atoms with van der Waals surface area (Å²) in [5.41, 5.74) is 9.01. The Morgan fingerprint density at radius 1 is 1.36 bits per heavy atom. The zero-order valence-electron chi connectivity index (χ0n) is 15.9. The zero-order valence-corrected chi connectivity index (χ0v) is 16.7. The van der Waals surface area contributed by atoms with Crippen LogP contribution in [-0.2, 0) is 10.3 Å². The molecule has 0 aliphatic carbocycles. The number of carbonyl (C=O) groups excluding carboxylic acids is 1. The van der Waals surface area contributed by atoms with Gasteiger partial charge in [-0.05, 0) is 58.6 Å². The van der Waals surface area contributed by atoms with Crippen LogP contribution in [0.4, 0.5) is 10.1 Å². The minimum atomic E-state index is -0.705. The number of carbonyl (C=O) groups is 1. The third kappa shape index (κ3) is 2.84. The van der Waals surface area contributed by atoms with Crippen molar-refractivity contribution in [2.75, 3.05) is 12.8 Å². The van der Waals surface area contributed by atoms with Crippen LogP contribution in [-0.4, -0.2) is 31.7 Å². The lowest BCUT2D eigenvalue weighted by Crippen LogP contribution is -2.58. The molecule has 1 saturated heterocycles. The fourth-order valence-corrected chi connectivity index (χ4v) is 4.69. The van der Waals surface area contributed by atoms with Crippen LogP contribution in [0, 0.1) is 11.2 Å². The number of hydrogen-bond donors (Lipinski definition) is 3. The summed E-state index contributed by atoms with van der Waals surface area (Å²) in [7, 11) is 3.64. The molecule has 0 unspecified atom stereocenters. The number of nitrogens with zero attached hydrogens (tertiary/aromatic N) is 1. The van der Waals surface area contributed by atoms with Gasteiger partial charge in [0.05, 0.1) is 17.6 Å². The second-order valence-corrected chi connectivity index (χ2v) is 8.37. The number of benzene rings is 2. The highest BCUT2D eigenvalue weighted by Crippen LogP contribution is 2.38. The van der Waals surface area contributed by atoms with Crippen LogP contribution < -0.4 is 16.5 Å². The molecule has 3 aromatic rings. The molecule has 0 saturated carbocycles. The Hall–Kier alpha value is -2.87. The van der Waals surface area contributed by atoms with Crippen molar-refractivity contribution in [3.8, 4) is 11.1 Å². The first kappa shape index (κ1) is 18.5. The summed E-state index contributed by atoms with van der Waals surface area (Å²) in [6.07, 6.45) is 0.242. The van der Waals surface area contributed by atoms with Crippen molar-refractivity contribution in [3.63, 3.8) is 0 Å². The SMILES string of the molecule is Bc1csc2c(-c3ccc(F)c(N)c3)cc([C@]3(C)CC(=O)N(C)C(=N)N3)cc12. The number of guanidine groups is 1. The number of halogens is 1. The highest BCUT2D eigenvalue weighted by Gasteiger charge is 2.38. The van der Waals surface area contributed by atoms with Gasteiger partial charge in [-0.2, -0.15) is 0 Å². The van der Waals surface area contributed by atoms with E-state index < -0.39 is 11.4 Å². The monoisotopic (exact) mass is 394 g/mol. The lowest BCUT2D eigenvalue weighted by atomic mass is 9.82. The number of fused-ring (bicyclic) bond motifs is 1. The van der Waals surface area contributed by atoms with E-state index in [1.54, 1.807) is 30.5 Å². The number of amides is 1. The fourth-order valence-electron chi connectivity index (χ4n) is 3.61. The smallest absolute Gasteiger partial charge is 0.231 e. The van der Waals surface area contributed by atoms with Gasteiger partial charge < -0.3 is 11.1 Å². The van der Waals surface area contributed by atoms with Crippen molar-refractivity contribution in [1.29, 1.82) is 5.41 Å². The van der Waals surface area contributed by atoms with Gasteiger partial charge in [0.2, 0.25) is 5.91 Å².